The maximum Gasteiger partial charge on any atom is 0.412 e. The first-order valence-electron chi connectivity index (χ1n) is 7.59. The van der Waals surface area contributed by atoms with Crippen LogP contribution in [0.1, 0.15) is 53.9 Å². The minimum absolute atomic E-state index is 0.0421. The Hall–Kier alpha value is -0.810. The van der Waals surface area contributed by atoms with Crippen LogP contribution in [0.25, 0.3) is 0 Å². The van der Waals surface area contributed by atoms with E-state index in [1.165, 1.54) is 19.3 Å². The second-order valence-electron chi connectivity index (χ2n) is 7.30. The first kappa shape index (κ1) is 15.6. The molecule has 0 aromatic heterocycles. The van der Waals surface area contributed by atoms with Crippen molar-refractivity contribution in [3.63, 3.8) is 0 Å². The molecule has 1 unspecified atom stereocenters. The molecular formula is C15H28N2O3. The van der Waals surface area contributed by atoms with Crippen LogP contribution >= 0.6 is 0 Å². The van der Waals surface area contributed by atoms with Crippen molar-refractivity contribution >= 4 is 6.09 Å². The molecule has 2 fully saturated rings. The fourth-order valence-corrected chi connectivity index (χ4v) is 2.63. The molecule has 0 bridgehead atoms. The molecule has 1 atom stereocenters. The summed E-state index contributed by atoms with van der Waals surface area (Å²) in [5, 5.41) is 3.52. The van der Waals surface area contributed by atoms with Crippen LogP contribution < -0.4 is 5.32 Å². The summed E-state index contributed by atoms with van der Waals surface area (Å²) >= 11 is 0. The topological polar surface area (TPSA) is 50.8 Å². The molecule has 0 aromatic rings. The van der Waals surface area contributed by atoms with Crippen LogP contribution in [0.3, 0.4) is 0 Å². The Kier molecular flexibility index (Phi) is 4.30. The monoisotopic (exact) mass is 284 g/mol. The van der Waals surface area contributed by atoms with Crippen LogP contribution in [0.2, 0.25) is 0 Å². The number of amides is 1. The number of nitrogens with zero attached hydrogens (tertiary/aromatic N) is 1. The van der Waals surface area contributed by atoms with Gasteiger partial charge in [0, 0.05) is 12.6 Å². The Morgan fingerprint density at radius 2 is 2.05 bits per heavy atom. The standard InChI is InChI=1S/C15H28N2O3/c1-14(2,3)20-13(18)17-12(10-19-15(17,4)5)9-16-11-7-6-8-11/h11-12,16H,6-10H2,1-5H3. The second kappa shape index (κ2) is 5.53. The molecule has 0 spiro atoms. The summed E-state index contributed by atoms with van der Waals surface area (Å²) in [6.45, 7) is 10.8. The smallest absolute Gasteiger partial charge is 0.412 e. The zero-order valence-electron chi connectivity index (χ0n) is 13.4. The Morgan fingerprint density at radius 1 is 1.40 bits per heavy atom. The summed E-state index contributed by atoms with van der Waals surface area (Å²) in [5.74, 6) is 0. The van der Waals surface area contributed by atoms with E-state index in [0.717, 1.165) is 6.54 Å². The minimum atomic E-state index is -0.603. The number of carbonyl (C=O) groups excluding carboxylic acids is 1. The fourth-order valence-electron chi connectivity index (χ4n) is 2.63. The Morgan fingerprint density at radius 3 is 2.55 bits per heavy atom. The molecule has 1 heterocycles. The number of carbonyl (C=O) groups is 1. The normalized spacial score (nSPS) is 26.4. The first-order valence-corrected chi connectivity index (χ1v) is 7.59. The van der Waals surface area contributed by atoms with E-state index < -0.39 is 11.3 Å². The fraction of sp³-hybridized carbons (Fsp3) is 0.933. The lowest BCUT2D eigenvalue weighted by Gasteiger charge is -2.36. The minimum Gasteiger partial charge on any atom is -0.444 e. The zero-order valence-corrected chi connectivity index (χ0v) is 13.4. The van der Waals surface area contributed by atoms with Gasteiger partial charge in [0.2, 0.25) is 0 Å². The number of hydrogen-bond acceptors (Lipinski definition) is 4. The van der Waals surface area contributed by atoms with Crippen molar-refractivity contribution in [2.24, 2.45) is 0 Å². The molecule has 1 saturated carbocycles. The van der Waals surface area contributed by atoms with E-state index in [4.69, 9.17) is 9.47 Å². The van der Waals surface area contributed by atoms with Gasteiger partial charge in [0.25, 0.3) is 0 Å². The van der Waals surface area contributed by atoms with Gasteiger partial charge in [0.1, 0.15) is 11.3 Å². The van der Waals surface area contributed by atoms with Crippen molar-refractivity contribution in [2.75, 3.05) is 13.2 Å². The van der Waals surface area contributed by atoms with E-state index >= 15 is 0 Å². The van der Waals surface area contributed by atoms with E-state index in [-0.39, 0.29) is 12.1 Å². The third-order valence-corrected chi connectivity index (χ3v) is 3.91. The predicted octanol–water partition coefficient (Wildman–Crippen LogP) is 2.50. The van der Waals surface area contributed by atoms with Gasteiger partial charge in [-0.15, -0.1) is 0 Å². The highest BCUT2D eigenvalue weighted by Crippen LogP contribution is 2.29. The molecule has 1 aliphatic carbocycles. The maximum absolute atomic E-state index is 12.4. The van der Waals surface area contributed by atoms with Gasteiger partial charge in [-0.05, 0) is 47.5 Å². The molecule has 20 heavy (non-hydrogen) atoms. The van der Waals surface area contributed by atoms with Crippen molar-refractivity contribution < 1.29 is 14.3 Å². The first-order chi connectivity index (χ1) is 9.19. The van der Waals surface area contributed by atoms with Crippen LogP contribution in [0.4, 0.5) is 4.79 Å². The largest absolute Gasteiger partial charge is 0.444 e. The highest BCUT2D eigenvalue weighted by molar-refractivity contribution is 5.69. The molecule has 1 aliphatic heterocycles. The van der Waals surface area contributed by atoms with Crippen molar-refractivity contribution in [3.05, 3.63) is 0 Å². The summed E-state index contributed by atoms with van der Waals surface area (Å²) in [6, 6.07) is 0.652. The molecule has 5 nitrogen and oxygen atoms in total. The average molecular weight is 284 g/mol. The summed E-state index contributed by atoms with van der Waals surface area (Å²) in [7, 11) is 0. The van der Waals surface area contributed by atoms with E-state index in [9.17, 15) is 4.79 Å². The van der Waals surface area contributed by atoms with Gasteiger partial charge in [-0.25, -0.2) is 4.79 Å². The highest BCUT2D eigenvalue weighted by Gasteiger charge is 2.45. The van der Waals surface area contributed by atoms with Gasteiger partial charge < -0.3 is 14.8 Å². The third-order valence-electron chi connectivity index (χ3n) is 3.91. The lowest BCUT2D eigenvalue weighted by molar-refractivity contribution is -0.0624. The zero-order chi connectivity index (χ0) is 15.0. The number of nitrogens with one attached hydrogen (secondary N) is 1. The lowest BCUT2D eigenvalue weighted by atomic mass is 9.93. The van der Waals surface area contributed by atoms with Gasteiger partial charge in [-0.2, -0.15) is 0 Å². The highest BCUT2D eigenvalue weighted by atomic mass is 16.6. The number of rotatable bonds is 3. The molecule has 2 rings (SSSR count). The number of ether oxygens (including phenoxy) is 2. The molecule has 0 aromatic carbocycles. The summed E-state index contributed by atoms with van der Waals surface area (Å²) in [6.07, 6.45) is 3.49. The molecule has 1 N–H and O–H groups in total. The van der Waals surface area contributed by atoms with Gasteiger partial charge in [0.15, 0.2) is 0 Å². The SMILES string of the molecule is CC(C)(C)OC(=O)N1C(CNC2CCC2)COC1(C)C. The van der Waals surface area contributed by atoms with Gasteiger partial charge in [-0.3, -0.25) is 4.90 Å². The van der Waals surface area contributed by atoms with Gasteiger partial charge >= 0.3 is 6.09 Å². The summed E-state index contributed by atoms with van der Waals surface area (Å²) < 4.78 is 11.3. The van der Waals surface area contributed by atoms with Crippen molar-refractivity contribution in [2.45, 2.75) is 77.3 Å². The molecular weight excluding hydrogens is 256 g/mol. The third kappa shape index (κ3) is 3.64. The molecule has 116 valence electrons. The molecule has 0 radical (unpaired) electrons. The van der Waals surface area contributed by atoms with Gasteiger partial charge in [0.05, 0.1) is 12.6 Å². The van der Waals surface area contributed by atoms with Crippen molar-refractivity contribution in [3.8, 4) is 0 Å². The Labute approximate surface area is 122 Å². The van der Waals surface area contributed by atoms with E-state index in [1.807, 2.05) is 34.6 Å². The second-order valence-corrected chi connectivity index (χ2v) is 7.30. The van der Waals surface area contributed by atoms with Crippen LogP contribution in [0.5, 0.6) is 0 Å². The van der Waals surface area contributed by atoms with Crippen LogP contribution in [0, 0.1) is 0 Å². The van der Waals surface area contributed by atoms with Crippen LogP contribution in [-0.4, -0.2) is 47.6 Å². The van der Waals surface area contributed by atoms with Gasteiger partial charge in [-0.1, -0.05) is 6.42 Å². The molecule has 1 saturated heterocycles. The van der Waals surface area contributed by atoms with Crippen LogP contribution in [-0.2, 0) is 9.47 Å². The van der Waals surface area contributed by atoms with Crippen molar-refractivity contribution in [1.29, 1.82) is 0 Å². The predicted molar refractivity (Wildman–Crippen MR) is 77.5 cm³/mol. The number of hydrogen-bond donors (Lipinski definition) is 1. The Balaban J connectivity index is 1.97. The summed E-state index contributed by atoms with van der Waals surface area (Å²) in [5.41, 5.74) is -1.09. The quantitative estimate of drug-likeness (QED) is 0.865. The lowest BCUT2D eigenvalue weighted by Crippen LogP contribution is -2.53. The van der Waals surface area contributed by atoms with E-state index in [2.05, 4.69) is 5.32 Å². The van der Waals surface area contributed by atoms with E-state index in [1.54, 1.807) is 4.90 Å². The van der Waals surface area contributed by atoms with E-state index in [0.29, 0.717) is 12.6 Å². The molecule has 2 aliphatic rings. The Bertz CT molecular complexity index is 359. The summed E-state index contributed by atoms with van der Waals surface area (Å²) in [4.78, 5) is 14.2. The van der Waals surface area contributed by atoms with Crippen LogP contribution in [0.15, 0.2) is 0 Å². The van der Waals surface area contributed by atoms with Crippen molar-refractivity contribution in [1.82, 2.24) is 10.2 Å². The maximum atomic E-state index is 12.4. The molecule has 1 amide bonds. The average Bonchev–Trinajstić information content (AvgIpc) is 2.49. The molecule has 5 heteroatoms.